The molecule has 0 aromatic rings. The zero-order valence-corrected chi connectivity index (χ0v) is 10.8. The molecule has 1 rings (SSSR count). The largest absolute Gasteiger partial charge is 0.359 e. The van der Waals surface area contributed by atoms with Crippen molar-refractivity contribution in [1.82, 2.24) is 15.5 Å². The molecule has 0 aliphatic carbocycles. The quantitative estimate of drug-likeness (QED) is 0.722. The van der Waals surface area contributed by atoms with Gasteiger partial charge in [0.25, 0.3) is 0 Å². The van der Waals surface area contributed by atoms with Crippen molar-refractivity contribution in [3.63, 3.8) is 0 Å². The van der Waals surface area contributed by atoms with Crippen LogP contribution in [0.2, 0.25) is 0 Å². The van der Waals surface area contributed by atoms with Crippen LogP contribution < -0.4 is 10.6 Å². The predicted octanol–water partition coefficient (Wildman–Crippen LogP) is 0.585. The standard InChI is InChI=1S/C12H25N3O/c1-10(13-2)11-6-4-5-8-15(11)9-7-12(16)14-3/h10-11,13H,4-9H2,1-3H3,(H,14,16). The van der Waals surface area contributed by atoms with Gasteiger partial charge in [-0.15, -0.1) is 0 Å². The predicted molar refractivity (Wildman–Crippen MR) is 66.4 cm³/mol. The molecule has 4 nitrogen and oxygen atoms in total. The van der Waals surface area contributed by atoms with Crippen molar-refractivity contribution in [2.45, 2.75) is 44.7 Å². The molecule has 0 spiro atoms. The number of nitrogens with one attached hydrogen (secondary N) is 2. The fraction of sp³-hybridized carbons (Fsp3) is 0.917. The Hall–Kier alpha value is -0.610. The Bertz CT molecular complexity index is 220. The molecule has 0 bridgehead atoms. The molecule has 94 valence electrons. The summed E-state index contributed by atoms with van der Waals surface area (Å²) in [6, 6.07) is 1.09. The molecule has 2 N–H and O–H groups in total. The Kier molecular flexibility index (Phi) is 5.77. The maximum atomic E-state index is 11.2. The van der Waals surface area contributed by atoms with Gasteiger partial charge in [-0.05, 0) is 33.4 Å². The lowest BCUT2D eigenvalue weighted by Crippen LogP contribution is -2.50. The van der Waals surface area contributed by atoms with Crippen LogP contribution >= 0.6 is 0 Å². The fourth-order valence-electron chi connectivity index (χ4n) is 2.42. The molecule has 1 saturated heterocycles. The van der Waals surface area contributed by atoms with E-state index in [-0.39, 0.29) is 5.91 Å². The summed E-state index contributed by atoms with van der Waals surface area (Å²) in [7, 11) is 3.71. The van der Waals surface area contributed by atoms with Crippen molar-refractivity contribution < 1.29 is 4.79 Å². The number of rotatable bonds is 5. The van der Waals surface area contributed by atoms with E-state index < -0.39 is 0 Å². The van der Waals surface area contributed by atoms with Gasteiger partial charge in [0.05, 0.1) is 0 Å². The van der Waals surface area contributed by atoms with E-state index in [9.17, 15) is 4.79 Å². The Morgan fingerprint density at radius 3 is 2.81 bits per heavy atom. The van der Waals surface area contributed by atoms with Gasteiger partial charge in [0.2, 0.25) is 5.91 Å². The highest BCUT2D eigenvalue weighted by molar-refractivity contribution is 5.75. The van der Waals surface area contributed by atoms with Crippen LogP contribution in [-0.2, 0) is 4.79 Å². The zero-order valence-electron chi connectivity index (χ0n) is 10.8. The summed E-state index contributed by atoms with van der Waals surface area (Å²) in [5, 5.41) is 6.01. The van der Waals surface area contributed by atoms with Crippen molar-refractivity contribution in [3.05, 3.63) is 0 Å². The third-order valence-corrected chi connectivity index (χ3v) is 3.60. The van der Waals surface area contributed by atoms with Crippen LogP contribution in [0.25, 0.3) is 0 Å². The lowest BCUT2D eigenvalue weighted by molar-refractivity contribution is -0.121. The molecule has 1 amide bonds. The van der Waals surface area contributed by atoms with Gasteiger partial charge in [0.1, 0.15) is 0 Å². The third kappa shape index (κ3) is 3.76. The highest BCUT2D eigenvalue weighted by atomic mass is 16.1. The number of piperidine rings is 1. The van der Waals surface area contributed by atoms with Crippen LogP contribution in [0.1, 0.15) is 32.6 Å². The van der Waals surface area contributed by atoms with Gasteiger partial charge >= 0.3 is 0 Å². The summed E-state index contributed by atoms with van der Waals surface area (Å²) < 4.78 is 0. The summed E-state index contributed by atoms with van der Waals surface area (Å²) in [4.78, 5) is 13.7. The first kappa shape index (κ1) is 13.5. The van der Waals surface area contributed by atoms with Gasteiger partial charge in [0, 0.05) is 32.1 Å². The first-order chi connectivity index (χ1) is 7.69. The van der Waals surface area contributed by atoms with Gasteiger partial charge in [-0.2, -0.15) is 0 Å². The molecule has 1 aliphatic rings. The molecule has 2 unspecified atom stereocenters. The molecule has 0 saturated carbocycles. The number of carbonyl (C=O) groups is 1. The smallest absolute Gasteiger partial charge is 0.221 e. The normalized spacial score (nSPS) is 24.1. The summed E-state index contributed by atoms with van der Waals surface area (Å²) >= 11 is 0. The highest BCUT2D eigenvalue weighted by Crippen LogP contribution is 2.19. The minimum atomic E-state index is 0.140. The Labute approximate surface area is 98.8 Å². The summed E-state index contributed by atoms with van der Waals surface area (Å²) in [6.45, 7) is 4.24. The van der Waals surface area contributed by atoms with Crippen molar-refractivity contribution in [1.29, 1.82) is 0 Å². The van der Waals surface area contributed by atoms with Crippen LogP contribution in [0.3, 0.4) is 0 Å². The SMILES string of the molecule is CNC(=O)CCN1CCCCC1C(C)NC. The molecule has 0 radical (unpaired) electrons. The van der Waals surface area contributed by atoms with Gasteiger partial charge in [-0.3, -0.25) is 9.69 Å². The van der Waals surface area contributed by atoms with E-state index in [4.69, 9.17) is 0 Å². The summed E-state index contributed by atoms with van der Waals surface area (Å²) in [5.74, 6) is 0.140. The second-order valence-electron chi connectivity index (χ2n) is 4.60. The second-order valence-corrected chi connectivity index (χ2v) is 4.60. The number of hydrogen-bond donors (Lipinski definition) is 2. The number of nitrogens with zero attached hydrogens (tertiary/aromatic N) is 1. The monoisotopic (exact) mass is 227 g/mol. The van der Waals surface area contributed by atoms with Gasteiger partial charge < -0.3 is 10.6 Å². The summed E-state index contributed by atoms with van der Waals surface area (Å²) in [5.41, 5.74) is 0. The molecule has 16 heavy (non-hydrogen) atoms. The molecular formula is C12H25N3O. The van der Waals surface area contributed by atoms with Crippen LogP contribution in [0.4, 0.5) is 0 Å². The number of likely N-dealkylation sites (N-methyl/N-ethyl adjacent to an activating group) is 1. The lowest BCUT2D eigenvalue weighted by Gasteiger charge is -2.39. The number of amides is 1. The fourth-order valence-corrected chi connectivity index (χ4v) is 2.42. The highest BCUT2D eigenvalue weighted by Gasteiger charge is 2.26. The topological polar surface area (TPSA) is 44.4 Å². The van der Waals surface area contributed by atoms with Crippen LogP contribution in [-0.4, -0.2) is 50.1 Å². The van der Waals surface area contributed by atoms with E-state index in [2.05, 4.69) is 22.5 Å². The van der Waals surface area contributed by atoms with E-state index >= 15 is 0 Å². The molecule has 0 aromatic heterocycles. The van der Waals surface area contributed by atoms with Gasteiger partial charge in [-0.25, -0.2) is 0 Å². The van der Waals surface area contributed by atoms with Crippen molar-refractivity contribution in [2.24, 2.45) is 0 Å². The van der Waals surface area contributed by atoms with Crippen molar-refractivity contribution >= 4 is 5.91 Å². The minimum absolute atomic E-state index is 0.140. The maximum absolute atomic E-state index is 11.2. The Balaban J connectivity index is 2.43. The van der Waals surface area contributed by atoms with Crippen molar-refractivity contribution in [2.75, 3.05) is 27.2 Å². The van der Waals surface area contributed by atoms with Crippen LogP contribution in [0.15, 0.2) is 0 Å². The van der Waals surface area contributed by atoms with Gasteiger partial charge in [0.15, 0.2) is 0 Å². The number of carbonyl (C=O) groups excluding carboxylic acids is 1. The molecule has 1 heterocycles. The van der Waals surface area contributed by atoms with Crippen molar-refractivity contribution in [3.8, 4) is 0 Å². The van der Waals surface area contributed by atoms with Crippen LogP contribution in [0.5, 0.6) is 0 Å². The molecule has 0 aromatic carbocycles. The minimum Gasteiger partial charge on any atom is -0.359 e. The average Bonchev–Trinajstić information content (AvgIpc) is 2.35. The second kappa shape index (κ2) is 6.86. The van der Waals surface area contributed by atoms with E-state index in [1.165, 1.54) is 19.3 Å². The van der Waals surface area contributed by atoms with E-state index in [1.54, 1.807) is 7.05 Å². The van der Waals surface area contributed by atoms with Crippen LogP contribution in [0, 0.1) is 0 Å². The molecular weight excluding hydrogens is 202 g/mol. The first-order valence-electron chi connectivity index (χ1n) is 6.31. The van der Waals surface area contributed by atoms with Gasteiger partial charge in [-0.1, -0.05) is 6.42 Å². The molecule has 4 heteroatoms. The lowest BCUT2D eigenvalue weighted by atomic mass is 9.96. The third-order valence-electron chi connectivity index (χ3n) is 3.60. The number of hydrogen-bond acceptors (Lipinski definition) is 3. The average molecular weight is 227 g/mol. The maximum Gasteiger partial charge on any atom is 0.221 e. The molecule has 2 atom stereocenters. The Morgan fingerprint density at radius 1 is 1.44 bits per heavy atom. The molecule has 1 aliphatic heterocycles. The Morgan fingerprint density at radius 2 is 2.19 bits per heavy atom. The molecule has 1 fully saturated rings. The first-order valence-corrected chi connectivity index (χ1v) is 6.31. The summed E-state index contributed by atoms with van der Waals surface area (Å²) in [6.07, 6.45) is 4.44. The zero-order chi connectivity index (χ0) is 12.0. The number of likely N-dealkylation sites (tertiary alicyclic amines) is 1. The van der Waals surface area contributed by atoms with E-state index in [0.29, 0.717) is 18.5 Å². The van der Waals surface area contributed by atoms with E-state index in [0.717, 1.165) is 13.1 Å². The van der Waals surface area contributed by atoms with E-state index in [1.807, 2.05) is 7.05 Å².